The highest BCUT2D eigenvalue weighted by molar-refractivity contribution is 5.57. The van der Waals surface area contributed by atoms with Crippen molar-refractivity contribution in [3.8, 4) is 5.75 Å². The highest BCUT2D eigenvalue weighted by Gasteiger charge is 2.30. The number of anilines is 1. The van der Waals surface area contributed by atoms with Gasteiger partial charge in [0.2, 0.25) is 0 Å². The normalized spacial score (nSPS) is 26.8. The topological polar surface area (TPSA) is 24.5 Å². The van der Waals surface area contributed by atoms with Crippen molar-refractivity contribution < 1.29 is 4.74 Å². The van der Waals surface area contributed by atoms with Gasteiger partial charge in [-0.1, -0.05) is 6.92 Å². The van der Waals surface area contributed by atoms with E-state index in [-0.39, 0.29) is 0 Å². The van der Waals surface area contributed by atoms with Gasteiger partial charge in [0.05, 0.1) is 6.61 Å². The predicted molar refractivity (Wildman–Crippen MR) is 79.0 cm³/mol. The van der Waals surface area contributed by atoms with Gasteiger partial charge in [0.25, 0.3) is 0 Å². The van der Waals surface area contributed by atoms with Crippen molar-refractivity contribution in [2.24, 2.45) is 5.41 Å². The molecule has 1 aromatic carbocycles. The van der Waals surface area contributed by atoms with Crippen LogP contribution >= 0.6 is 0 Å². The molecule has 0 aliphatic carbocycles. The van der Waals surface area contributed by atoms with Gasteiger partial charge in [0, 0.05) is 24.2 Å². The molecule has 0 bridgehead atoms. The van der Waals surface area contributed by atoms with Crippen molar-refractivity contribution in [2.45, 2.75) is 26.2 Å². The second kappa shape index (κ2) is 5.04. The Kier molecular flexibility index (Phi) is 3.40. The van der Waals surface area contributed by atoms with Crippen LogP contribution in [-0.2, 0) is 6.42 Å². The summed E-state index contributed by atoms with van der Waals surface area (Å²) in [6, 6.07) is 6.44. The molecular weight excluding hydrogens is 236 g/mol. The van der Waals surface area contributed by atoms with Crippen LogP contribution in [0.3, 0.4) is 0 Å². The standard InChI is InChI=1S/C16H24N2O/c1-16(7-3-9-18(2)11-16)12-19-14-4-5-15-13(10-14)6-8-17-15/h4-5,10,17H,3,6-9,11-12H2,1-2H3. The van der Waals surface area contributed by atoms with E-state index in [0.717, 1.165) is 31.9 Å². The van der Waals surface area contributed by atoms with E-state index in [1.54, 1.807) is 0 Å². The average Bonchev–Trinajstić information content (AvgIpc) is 2.83. The third kappa shape index (κ3) is 2.86. The minimum atomic E-state index is 0.296. The molecule has 0 spiro atoms. The minimum Gasteiger partial charge on any atom is -0.493 e. The molecule has 104 valence electrons. The maximum Gasteiger partial charge on any atom is 0.119 e. The summed E-state index contributed by atoms with van der Waals surface area (Å²) in [5.41, 5.74) is 2.96. The van der Waals surface area contributed by atoms with Crippen LogP contribution in [0.1, 0.15) is 25.3 Å². The van der Waals surface area contributed by atoms with Crippen LogP contribution in [0.5, 0.6) is 5.75 Å². The number of nitrogens with zero attached hydrogens (tertiary/aromatic N) is 1. The lowest BCUT2D eigenvalue weighted by Gasteiger charge is -2.38. The number of piperidine rings is 1. The summed E-state index contributed by atoms with van der Waals surface area (Å²) in [7, 11) is 2.21. The van der Waals surface area contributed by atoms with Crippen molar-refractivity contribution in [3.05, 3.63) is 23.8 Å². The quantitative estimate of drug-likeness (QED) is 0.904. The number of likely N-dealkylation sites (tertiary alicyclic amines) is 1. The summed E-state index contributed by atoms with van der Waals surface area (Å²) in [5, 5.41) is 3.38. The zero-order valence-electron chi connectivity index (χ0n) is 12.0. The molecule has 2 aliphatic heterocycles. The van der Waals surface area contributed by atoms with Gasteiger partial charge < -0.3 is 15.0 Å². The first-order chi connectivity index (χ1) is 9.15. The molecule has 3 rings (SSSR count). The fourth-order valence-electron chi connectivity index (χ4n) is 3.33. The first kappa shape index (κ1) is 12.8. The van der Waals surface area contributed by atoms with Gasteiger partial charge in [0.15, 0.2) is 0 Å². The van der Waals surface area contributed by atoms with Crippen LogP contribution in [0.15, 0.2) is 18.2 Å². The smallest absolute Gasteiger partial charge is 0.119 e. The molecule has 0 radical (unpaired) electrons. The first-order valence-corrected chi connectivity index (χ1v) is 7.33. The van der Waals surface area contributed by atoms with E-state index in [9.17, 15) is 0 Å². The molecule has 1 atom stereocenters. The average molecular weight is 260 g/mol. The van der Waals surface area contributed by atoms with Crippen molar-refractivity contribution in [3.63, 3.8) is 0 Å². The zero-order chi connectivity index (χ0) is 13.3. The summed E-state index contributed by atoms with van der Waals surface area (Å²) >= 11 is 0. The van der Waals surface area contributed by atoms with Crippen LogP contribution < -0.4 is 10.1 Å². The van der Waals surface area contributed by atoms with E-state index in [4.69, 9.17) is 4.74 Å². The summed E-state index contributed by atoms with van der Waals surface area (Å²) < 4.78 is 6.07. The fraction of sp³-hybridized carbons (Fsp3) is 0.625. The Morgan fingerprint density at radius 1 is 1.42 bits per heavy atom. The van der Waals surface area contributed by atoms with Crippen LogP contribution in [0.2, 0.25) is 0 Å². The molecule has 1 aromatic rings. The van der Waals surface area contributed by atoms with Gasteiger partial charge in [-0.25, -0.2) is 0 Å². The van der Waals surface area contributed by atoms with Crippen LogP contribution in [-0.4, -0.2) is 38.2 Å². The molecule has 1 saturated heterocycles. The Bertz CT molecular complexity index is 460. The molecule has 1 N–H and O–H groups in total. The molecular formula is C16H24N2O. The molecule has 2 heterocycles. The number of hydrogen-bond donors (Lipinski definition) is 1. The maximum atomic E-state index is 6.07. The highest BCUT2D eigenvalue weighted by atomic mass is 16.5. The van der Waals surface area contributed by atoms with Gasteiger partial charge in [-0.15, -0.1) is 0 Å². The monoisotopic (exact) mass is 260 g/mol. The maximum absolute atomic E-state index is 6.07. The predicted octanol–water partition coefficient (Wildman–Crippen LogP) is 2.77. The Hall–Kier alpha value is -1.22. The van der Waals surface area contributed by atoms with E-state index >= 15 is 0 Å². The van der Waals surface area contributed by atoms with E-state index < -0.39 is 0 Å². The molecule has 19 heavy (non-hydrogen) atoms. The molecule has 0 amide bonds. The summed E-state index contributed by atoms with van der Waals surface area (Å²) in [5.74, 6) is 1.02. The van der Waals surface area contributed by atoms with Crippen LogP contribution in [0.4, 0.5) is 5.69 Å². The van der Waals surface area contributed by atoms with Gasteiger partial charge >= 0.3 is 0 Å². The molecule has 0 saturated carbocycles. The summed E-state index contributed by atoms with van der Waals surface area (Å²) in [6.45, 7) is 6.59. The molecule has 3 nitrogen and oxygen atoms in total. The third-order valence-electron chi connectivity index (χ3n) is 4.35. The largest absolute Gasteiger partial charge is 0.493 e. The van der Waals surface area contributed by atoms with Crippen molar-refractivity contribution in [1.29, 1.82) is 0 Å². The fourth-order valence-corrected chi connectivity index (χ4v) is 3.33. The van der Waals surface area contributed by atoms with Crippen LogP contribution in [0, 0.1) is 5.41 Å². The number of nitrogens with one attached hydrogen (secondary N) is 1. The second-order valence-corrected chi connectivity index (χ2v) is 6.44. The lowest BCUT2D eigenvalue weighted by Crippen LogP contribution is -2.42. The Labute approximate surface area is 115 Å². The van der Waals surface area contributed by atoms with E-state index in [2.05, 4.69) is 42.4 Å². The van der Waals surface area contributed by atoms with E-state index in [1.165, 1.54) is 30.6 Å². The molecule has 1 fully saturated rings. The van der Waals surface area contributed by atoms with Gasteiger partial charge in [0.1, 0.15) is 5.75 Å². The Morgan fingerprint density at radius 3 is 3.16 bits per heavy atom. The number of ether oxygens (including phenoxy) is 1. The van der Waals surface area contributed by atoms with Gasteiger partial charge in [-0.05, 0) is 56.6 Å². The molecule has 3 heteroatoms. The van der Waals surface area contributed by atoms with Crippen molar-refractivity contribution in [1.82, 2.24) is 4.90 Å². The number of fused-ring (bicyclic) bond motifs is 1. The summed E-state index contributed by atoms with van der Waals surface area (Å²) in [6.07, 6.45) is 3.67. The Balaban J connectivity index is 1.62. The zero-order valence-corrected chi connectivity index (χ0v) is 12.0. The SMILES string of the molecule is CN1CCCC(C)(COc2ccc3c(c2)CCN3)C1. The van der Waals surface area contributed by atoms with E-state index in [1.807, 2.05) is 0 Å². The highest BCUT2D eigenvalue weighted by Crippen LogP contribution is 2.31. The minimum absolute atomic E-state index is 0.296. The first-order valence-electron chi connectivity index (χ1n) is 7.33. The second-order valence-electron chi connectivity index (χ2n) is 6.44. The molecule has 2 aliphatic rings. The van der Waals surface area contributed by atoms with Crippen molar-refractivity contribution >= 4 is 5.69 Å². The van der Waals surface area contributed by atoms with E-state index in [0.29, 0.717) is 5.41 Å². The number of rotatable bonds is 3. The molecule has 0 aromatic heterocycles. The lowest BCUT2D eigenvalue weighted by atomic mass is 9.83. The van der Waals surface area contributed by atoms with Crippen LogP contribution in [0.25, 0.3) is 0 Å². The lowest BCUT2D eigenvalue weighted by molar-refractivity contribution is 0.0701. The van der Waals surface area contributed by atoms with Crippen molar-refractivity contribution in [2.75, 3.05) is 38.6 Å². The molecule has 1 unspecified atom stereocenters. The van der Waals surface area contributed by atoms with Gasteiger partial charge in [-0.2, -0.15) is 0 Å². The summed E-state index contributed by atoms with van der Waals surface area (Å²) in [4.78, 5) is 2.42. The Morgan fingerprint density at radius 2 is 2.32 bits per heavy atom. The number of hydrogen-bond acceptors (Lipinski definition) is 3. The third-order valence-corrected chi connectivity index (χ3v) is 4.35. The van der Waals surface area contributed by atoms with Gasteiger partial charge in [-0.3, -0.25) is 0 Å². The number of benzene rings is 1.